The number of carboxylic acid groups (broad SMARTS) is 1. The predicted molar refractivity (Wildman–Crippen MR) is 130 cm³/mol. The molecule has 0 saturated heterocycles. The van der Waals surface area contributed by atoms with Gasteiger partial charge >= 0.3 is 6.09 Å². The Balaban J connectivity index is 2.30. The van der Waals surface area contributed by atoms with E-state index in [9.17, 15) is 32.6 Å². The van der Waals surface area contributed by atoms with Crippen molar-refractivity contribution in [1.82, 2.24) is 10.2 Å². The van der Waals surface area contributed by atoms with Crippen LogP contribution in [0.3, 0.4) is 0 Å². The van der Waals surface area contributed by atoms with Crippen molar-refractivity contribution in [3.8, 4) is 11.3 Å². The van der Waals surface area contributed by atoms with Gasteiger partial charge in [0, 0.05) is 42.7 Å². The Hall–Kier alpha value is -3.68. The molecule has 1 unspecified atom stereocenters. The number of carbonyl (C=O) groups is 2. The summed E-state index contributed by atoms with van der Waals surface area (Å²) in [5.74, 6) is -0.937. The lowest BCUT2D eigenvalue weighted by Gasteiger charge is -2.26. The third-order valence-corrected chi connectivity index (χ3v) is 6.46. The van der Waals surface area contributed by atoms with Gasteiger partial charge in [-0.1, -0.05) is 0 Å². The molecular weight excluding hydrogens is 497 g/mol. The summed E-state index contributed by atoms with van der Waals surface area (Å²) in [6.07, 6.45) is -2.90. The molecule has 0 radical (unpaired) electrons. The quantitative estimate of drug-likeness (QED) is 0.252. The molecule has 0 saturated carbocycles. The fourth-order valence-corrected chi connectivity index (χ4v) is 4.44. The Labute approximate surface area is 207 Å². The molecule has 1 aromatic heterocycles. The zero-order valence-corrected chi connectivity index (χ0v) is 20.4. The van der Waals surface area contributed by atoms with Crippen LogP contribution in [0.2, 0.25) is 0 Å². The minimum absolute atomic E-state index is 0.00293. The van der Waals surface area contributed by atoms with E-state index in [-0.39, 0.29) is 46.6 Å². The van der Waals surface area contributed by atoms with Gasteiger partial charge in [0.05, 0.1) is 30.5 Å². The summed E-state index contributed by atoms with van der Waals surface area (Å²) in [4.78, 5) is 25.1. The number of thiol groups is 1. The maximum absolute atomic E-state index is 13.5. The lowest BCUT2D eigenvalue weighted by Crippen LogP contribution is -2.36. The van der Waals surface area contributed by atoms with Gasteiger partial charge in [-0.2, -0.15) is 0 Å². The summed E-state index contributed by atoms with van der Waals surface area (Å²) in [6, 6.07) is 7.94. The first-order valence-corrected chi connectivity index (χ1v) is 12.0. The first-order chi connectivity index (χ1) is 17.1. The Morgan fingerprint density at radius 1 is 1.19 bits per heavy atom. The zero-order valence-electron chi connectivity index (χ0n) is 19.5. The monoisotopic (exact) mass is 523 g/mol. The average molecular weight is 524 g/mol. The normalized spacial score (nSPS) is 12.1. The number of benzene rings is 2. The highest BCUT2D eigenvalue weighted by molar-refractivity contribution is 7.74. The summed E-state index contributed by atoms with van der Waals surface area (Å²) >= 11 is 0. The van der Waals surface area contributed by atoms with E-state index in [1.165, 1.54) is 43.4 Å². The Bertz CT molecular complexity index is 1330. The molecule has 11 nitrogen and oxygen atoms in total. The van der Waals surface area contributed by atoms with Gasteiger partial charge in [0.25, 0.3) is 5.91 Å². The van der Waals surface area contributed by atoms with E-state index in [1.54, 1.807) is 6.92 Å². The van der Waals surface area contributed by atoms with E-state index < -0.39 is 48.0 Å². The maximum Gasteiger partial charge on any atom is 0.407 e. The Morgan fingerprint density at radius 3 is 2.39 bits per heavy atom. The molecule has 0 aliphatic rings. The van der Waals surface area contributed by atoms with Crippen LogP contribution in [-0.2, 0) is 10.9 Å². The molecule has 3 aromatic rings. The lowest BCUT2D eigenvalue weighted by atomic mass is 9.99. The number of fused-ring (bicyclic) bond motifs is 1. The summed E-state index contributed by atoms with van der Waals surface area (Å²) in [5.41, 5.74) is 0.644. The number of aliphatic hydroxyl groups excluding tert-OH is 2. The van der Waals surface area contributed by atoms with E-state index in [4.69, 9.17) is 9.52 Å². The molecule has 2 aromatic carbocycles. The van der Waals surface area contributed by atoms with Crippen LogP contribution in [0.1, 0.15) is 28.9 Å². The third-order valence-electron chi connectivity index (χ3n) is 5.57. The first kappa shape index (κ1) is 26.9. The number of hydrogen-bond donors (Lipinski definition) is 5. The maximum atomic E-state index is 13.5. The van der Waals surface area contributed by atoms with E-state index in [1.807, 2.05) is 0 Å². The number of rotatable bonds is 10. The van der Waals surface area contributed by atoms with Crippen molar-refractivity contribution in [3.63, 3.8) is 0 Å². The summed E-state index contributed by atoms with van der Waals surface area (Å²) in [7, 11) is -1.75. The first-order valence-electron chi connectivity index (χ1n) is 10.9. The third kappa shape index (κ3) is 5.42. The second kappa shape index (κ2) is 11.4. The molecule has 2 amide bonds. The van der Waals surface area contributed by atoms with Crippen molar-refractivity contribution < 1.29 is 42.1 Å². The number of carbonyl (C=O) groups excluding carboxylic acids is 1. The van der Waals surface area contributed by atoms with Crippen molar-refractivity contribution in [1.29, 1.82) is 0 Å². The van der Waals surface area contributed by atoms with Gasteiger partial charge in [-0.3, -0.25) is 9.10 Å². The minimum atomic E-state index is -3.15. The summed E-state index contributed by atoms with van der Waals surface area (Å²) in [6.45, 7) is 0.336. The van der Waals surface area contributed by atoms with E-state index in [0.29, 0.717) is 5.56 Å². The second-order valence-electron chi connectivity index (χ2n) is 7.72. The molecule has 0 aliphatic carbocycles. The number of amides is 2. The van der Waals surface area contributed by atoms with Crippen LogP contribution in [-0.4, -0.2) is 73.9 Å². The van der Waals surface area contributed by atoms with Crippen LogP contribution in [0.25, 0.3) is 22.3 Å². The van der Waals surface area contributed by atoms with Gasteiger partial charge in [0.1, 0.15) is 17.2 Å². The summed E-state index contributed by atoms with van der Waals surface area (Å²) < 4.78 is 44.3. The molecule has 0 aliphatic heterocycles. The molecule has 194 valence electrons. The average Bonchev–Trinajstić information content (AvgIpc) is 3.21. The van der Waals surface area contributed by atoms with E-state index >= 15 is 0 Å². The number of anilines is 1. The Morgan fingerprint density at radius 2 is 1.86 bits per heavy atom. The fourth-order valence-electron chi connectivity index (χ4n) is 3.86. The van der Waals surface area contributed by atoms with Gasteiger partial charge in [-0.05, 0) is 37.3 Å². The van der Waals surface area contributed by atoms with Gasteiger partial charge in [-0.15, -0.1) is 0 Å². The predicted octanol–water partition coefficient (Wildman–Crippen LogP) is 1.96. The highest BCUT2D eigenvalue weighted by Crippen LogP contribution is 2.39. The number of nitrogens with one attached hydrogen (secondary N) is 1. The summed E-state index contributed by atoms with van der Waals surface area (Å²) in [5, 5.41) is 32.3. The molecule has 0 bridgehead atoms. The van der Waals surface area contributed by atoms with Crippen molar-refractivity contribution in [2.24, 2.45) is 0 Å². The van der Waals surface area contributed by atoms with Gasteiger partial charge < -0.3 is 30.0 Å². The van der Waals surface area contributed by atoms with Gasteiger partial charge in [-0.25, -0.2) is 17.6 Å². The molecule has 4 N–H and O–H groups in total. The molecule has 13 heteroatoms. The molecule has 3 rings (SSSR count). The SMILES string of the molecule is CCN(c1cc2oc(-c3ccc(F)cc3)c(C(=O)NC)c2cc1C(O)CN(CCO)C(=O)O)[SH](=O)=O. The van der Waals surface area contributed by atoms with Gasteiger partial charge in [0.2, 0.25) is 10.9 Å². The molecule has 0 spiro atoms. The van der Waals surface area contributed by atoms with Crippen LogP contribution >= 0.6 is 0 Å². The van der Waals surface area contributed by atoms with Crippen molar-refractivity contribution >= 4 is 39.5 Å². The largest absolute Gasteiger partial charge is 0.465 e. The molecular formula is C23H26FN3O8S. The van der Waals surface area contributed by atoms with Crippen LogP contribution in [0.15, 0.2) is 40.8 Å². The molecule has 36 heavy (non-hydrogen) atoms. The van der Waals surface area contributed by atoms with Crippen molar-refractivity contribution in [3.05, 3.63) is 53.3 Å². The van der Waals surface area contributed by atoms with E-state index in [2.05, 4.69) is 5.32 Å². The highest BCUT2D eigenvalue weighted by Gasteiger charge is 2.28. The zero-order chi connectivity index (χ0) is 26.6. The van der Waals surface area contributed by atoms with Crippen LogP contribution in [0, 0.1) is 5.82 Å². The van der Waals surface area contributed by atoms with Crippen LogP contribution in [0.5, 0.6) is 0 Å². The number of hydrogen-bond acceptors (Lipinski definition) is 7. The molecule has 1 atom stereocenters. The van der Waals surface area contributed by atoms with E-state index in [0.717, 1.165) is 9.21 Å². The number of nitrogens with zero attached hydrogens (tertiary/aromatic N) is 2. The number of aliphatic hydroxyl groups is 2. The number of halogens is 1. The second-order valence-corrected chi connectivity index (χ2v) is 8.68. The Kier molecular flexibility index (Phi) is 8.50. The highest BCUT2D eigenvalue weighted by atomic mass is 32.2. The van der Waals surface area contributed by atoms with Crippen molar-refractivity contribution in [2.75, 3.05) is 37.6 Å². The van der Waals surface area contributed by atoms with Crippen LogP contribution < -0.4 is 9.62 Å². The smallest absolute Gasteiger partial charge is 0.407 e. The molecule has 1 heterocycles. The van der Waals surface area contributed by atoms with Crippen molar-refractivity contribution in [2.45, 2.75) is 13.0 Å². The molecule has 0 fully saturated rings. The van der Waals surface area contributed by atoms with Crippen LogP contribution in [0.4, 0.5) is 14.9 Å². The van der Waals surface area contributed by atoms with Gasteiger partial charge in [0.15, 0.2) is 0 Å². The number of furan rings is 1. The topological polar surface area (TPSA) is 161 Å². The standard InChI is InChI=1S/C23H26FN3O8S/c1-3-27(36(33)34)17-11-19-16(10-15(17)18(29)12-26(8-9-28)23(31)32)20(22(30)25-2)21(35-19)13-4-6-14(24)7-5-13/h4-7,10-11,18,28-29,36H,3,8-9,12H2,1-2H3,(H,25,30)(H,31,32). The lowest BCUT2D eigenvalue weighted by molar-refractivity contribution is 0.0875. The fraction of sp³-hybridized carbons (Fsp3) is 0.304. The minimum Gasteiger partial charge on any atom is -0.465 e.